The van der Waals surface area contributed by atoms with Crippen LogP contribution in [0.2, 0.25) is 0 Å². The van der Waals surface area contributed by atoms with Gasteiger partial charge in [0.05, 0.1) is 0 Å². The molecule has 3 heteroatoms. The number of carbonyl (C=O) groups excluding carboxylic acids is 1. The highest BCUT2D eigenvalue weighted by Crippen LogP contribution is 2.05. The topological polar surface area (TPSA) is 52.3 Å². The van der Waals surface area contributed by atoms with E-state index in [0.29, 0.717) is 6.42 Å². The molecule has 12 heavy (non-hydrogen) atoms. The van der Waals surface area contributed by atoms with E-state index in [4.69, 9.17) is 10.5 Å². The van der Waals surface area contributed by atoms with Crippen molar-refractivity contribution in [3.63, 3.8) is 0 Å². The molecule has 0 unspecified atom stereocenters. The van der Waals surface area contributed by atoms with Crippen molar-refractivity contribution in [2.24, 2.45) is 5.73 Å². The van der Waals surface area contributed by atoms with Crippen LogP contribution in [0.3, 0.4) is 0 Å². The summed E-state index contributed by atoms with van der Waals surface area (Å²) in [6.07, 6.45) is 3.55. The Balaban J connectivity index is 3.47. The first kappa shape index (κ1) is 11.4. The van der Waals surface area contributed by atoms with Crippen molar-refractivity contribution >= 4 is 5.97 Å². The van der Waals surface area contributed by atoms with E-state index < -0.39 is 5.72 Å². The Bertz CT molecular complexity index is 138. The zero-order valence-corrected chi connectivity index (χ0v) is 8.22. The Kier molecular flexibility index (Phi) is 4.90. The van der Waals surface area contributed by atoms with Crippen molar-refractivity contribution in [3.8, 4) is 0 Å². The lowest BCUT2D eigenvalue weighted by atomic mass is 10.2. The third-order valence-corrected chi connectivity index (χ3v) is 1.36. The molecule has 0 atom stereocenters. The van der Waals surface area contributed by atoms with Gasteiger partial charge in [0.15, 0.2) is 5.72 Å². The van der Waals surface area contributed by atoms with E-state index in [9.17, 15) is 4.79 Å². The second kappa shape index (κ2) is 5.14. The molecule has 0 rings (SSSR count). The molecule has 0 aliphatic carbocycles. The average molecular weight is 173 g/mol. The number of carbonyl (C=O) groups is 1. The van der Waals surface area contributed by atoms with E-state index in [1.54, 1.807) is 13.8 Å². The molecule has 0 aromatic carbocycles. The number of ether oxygens (including phenoxy) is 1. The zero-order chi connectivity index (χ0) is 9.61. The quantitative estimate of drug-likeness (QED) is 0.392. The van der Waals surface area contributed by atoms with Crippen LogP contribution in [0.15, 0.2) is 0 Å². The number of nitrogens with two attached hydrogens (primary N) is 1. The van der Waals surface area contributed by atoms with Crippen LogP contribution in [0.5, 0.6) is 0 Å². The van der Waals surface area contributed by atoms with Gasteiger partial charge in [0, 0.05) is 6.42 Å². The number of esters is 1. The van der Waals surface area contributed by atoms with Crippen LogP contribution in [0, 0.1) is 0 Å². The van der Waals surface area contributed by atoms with Gasteiger partial charge in [0.2, 0.25) is 0 Å². The molecule has 0 spiro atoms. The van der Waals surface area contributed by atoms with E-state index in [1.165, 1.54) is 0 Å². The van der Waals surface area contributed by atoms with Gasteiger partial charge < -0.3 is 4.74 Å². The van der Waals surface area contributed by atoms with Gasteiger partial charge in [0.25, 0.3) is 0 Å². The summed E-state index contributed by atoms with van der Waals surface area (Å²) in [6, 6.07) is 0. The molecule has 2 N–H and O–H groups in total. The molecule has 0 heterocycles. The molecular weight excluding hydrogens is 154 g/mol. The lowest BCUT2D eigenvalue weighted by Crippen LogP contribution is -2.37. The molecule has 0 amide bonds. The standard InChI is InChI=1S/C9H19NO2/c1-4-5-6-7-8(11)12-9(2,3)10/h4-7,10H2,1-3H3. The van der Waals surface area contributed by atoms with Crippen LogP contribution in [0.4, 0.5) is 0 Å². The van der Waals surface area contributed by atoms with E-state index in [2.05, 4.69) is 6.92 Å². The Morgan fingerprint density at radius 2 is 2.00 bits per heavy atom. The van der Waals surface area contributed by atoms with Crippen molar-refractivity contribution < 1.29 is 9.53 Å². The van der Waals surface area contributed by atoms with Crippen molar-refractivity contribution in [2.45, 2.75) is 52.2 Å². The summed E-state index contributed by atoms with van der Waals surface area (Å²) in [5.74, 6) is -0.198. The average Bonchev–Trinajstić information content (AvgIpc) is 1.84. The molecule has 3 nitrogen and oxygen atoms in total. The van der Waals surface area contributed by atoms with E-state index >= 15 is 0 Å². The van der Waals surface area contributed by atoms with Gasteiger partial charge in [-0.25, -0.2) is 0 Å². The summed E-state index contributed by atoms with van der Waals surface area (Å²) in [5, 5.41) is 0. The van der Waals surface area contributed by atoms with Crippen molar-refractivity contribution in [1.82, 2.24) is 0 Å². The lowest BCUT2D eigenvalue weighted by Gasteiger charge is -2.19. The fourth-order valence-electron chi connectivity index (χ4n) is 0.864. The number of unbranched alkanes of at least 4 members (excludes halogenated alkanes) is 2. The second-order valence-corrected chi connectivity index (χ2v) is 3.53. The molecule has 0 aromatic heterocycles. The fourth-order valence-corrected chi connectivity index (χ4v) is 0.864. The maximum atomic E-state index is 11.0. The zero-order valence-electron chi connectivity index (χ0n) is 8.22. The summed E-state index contributed by atoms with van der Waals surface area (Å²) in [4.78, 5) is 11.0. The molecule has 72 valence electrons. The Labute approximate surface area is 74.3 Å². The van der Waals surface area contributed by atoms with Gasteiger partial charge in [-0.2, -0.15) is 0 Å². The number of rotatable bonds is 5. The maximum Gasteiger partial charge on any atom is 0.307 e. The third kappa shape index (κ3) is 7.54. The highest BCUT2D eigenvalue weighted by molar-refractivity contribution is 5.69. The van der Waals surface area contributed by atoms with Crippen LogP contribution in [-0.4, -0.2) is 11.7 Å². The predicted octanol–water partition coefficient (Wildman–Crippen LogP) is 1.80. The van der Waals surface area contributed by atoms with E-state index in [1.807, 2.05) is 0 Å². The van der Waals surface area contributed by atoms with Crippen LogP contribution < -0.4 is 5.73 Å². The molecule has 0 fully saturated rings. The maximum absolute atomic E-state index is 11.0. The molecule has 0 aliphatic rings. The molecule has 0 saturated heterocycles. The smallest absolute Gasteiger partial charge is 0.307 e. The first-order valence-electron chi connectivity index (χ1n) is 4.46. The summed E-state index contributed by atoms with van der Waals surface area (Å²) < 4.78 is 4.92. The minimum absolute atomic E-state index is 0.198. The highest BCUT2D eigenvalue weighted by atomic mass is 16.6. The first-order valence-corrected chi connectivity index (χ1v) is 4.46. The number of hydrogen-bond donors (Lipinski definition) is 1. The van der Waals surface area contributed by atoms with Gasteiger partial charge >= 0.3 is 5.97 Å². The van der Waals surface area contributed by atoms with Crippen LogP contribution in [0.1, 0.15) is 46.5 Å². The summed E-state index contributed by atoms with van der Waals surface area (Å²) >= 11 is 0. The molecule has 0 bridgehead atoms. The Morgan fingerprint density at radius 1 is 1.42 bits per heavy atom. The van der Waals surface area contributed by atoms with Crippen molar-refractivity contribution in [3.05, 3.63) is 0 Å². The predicted molar refractivity (Wildman–Crippen MR) is 48.5 cm³/mol. The first-order chi connectivity index (χ1) is 5.45. The van der Waals surface area contributed by atoms with Crippen molar-refractivity contribution in [1.29, 1.82) is 0 Å². The molecular formula is C9H19NO2. The summed E-state index contributed by atoms with van der Waals surface area (Å²) in [6.45, 7) is 5.44. The SMILES string of the molecule is CCCCCC(=O)OC(C)(C)N. The highest BCUT2D eigenvalue weighted by Gasteiger charge is 2.15. The molecule has 0 aromatic rings. The fraction of sp³-hybridized carbons (Fsp3) is 0.889. The minimum Gasteiger partial charge on any atom is -0.445 e. The van der Waals surface area contributed by atoms with Crippen LogP contribution >= 0.6 is 0 Å². The van der Waals surface area contributed by atoms with Gasteiger partial charge in [-0.05, 0) is 20.3 Å². The summed E-state index contributed by atoms with van der Waals surface area (Å²) in [7, 11) is 0. The number of hydrogen-bond acceptors (Lipinski definition) is 3. The lowest BCUT2D eigenvalue weighted by molar-refractivity contribution is -0.156. The van der Waals surface area contributed by atoms with Crippen LogP contribution in [0.25, 0.3) is 0 Å². The molecule has 0 saturated carbocycles. The third-order valence-electron chi connectivity index (χ3n) is 1.36. The van der Waals surface area contributed by atoms with E-state index in [-0.39, 0.29) is 5.97 Å². The second-order valence-electron chi connectivity index (χ2n) is 3.53. The van der Waals surface area contributed by atoms with Gasteiger partial charge in [-0.3, -0.25) is 10.5 Å². The van der Waals surface area contributed by atoms with E-state index in [0.717, 1.165) is 19.3 Å². The molecule has 0 aliphatic heterocycles. The van der Waals surface area contributed by atoms with Crippen molar-refractivity contribution in [2.75, 3.05) is 0 Å². The monoisotopic (exact) mass is 173 g/mol. The Hall–Kier alpha value is -0.570. The van der Waals surface area contributed by atoms with Crippen LogP contribution in [-0.2, 0) is 9.53 Å². The molecule has 0 radical (unpaired) electrons. The van der Waals surface area contributed by atoms with Gasteiger partial charge in [-0.1, -0.05) is 19.8 Å². The Morgan fingerprint density at radius 3 is 2.42 bits per heavy atom. The minimum atomic E-state index is -0.830. The van der Waals surface area contributed by atoms with Gasteiger partial charge in [-0.15, -0.1) is 0 Å². The van der Waals surface area contributed by atoms with Gasteiger partial charge in [0.1, 0.15) is 0 Å². The normalized spacial score (nSPS) is 11.3. The summed E-state index contributed by atoms with van der Waals surface area (Å²) in [5.41, 5.74) is 4.67. The largest absolute Gasteiger partial charge is 0.445 e.